The topological polar surface area (TPSA) is 111 Å². The lowest BCUT2D eigenvalue weighted by atomic mass is 10.1. The molecule has 1 atom stereocenters. The Morgan fingerprint density at radius 1 is 0.892 bits per heavy atom. The van der Waals surface area contributed by atoms with E-state index < -0.39 is 27.9 Å². The molecule has 0 aliphatic carbocycles. The van der Waals surface area contributed by atoms with Crippen molar-refractivity contribution >= 4 is 27.6 Å². The molecule has 0 aromatic heterocycles. The molecule has 0 saturated heterocycles. The zero-order valence-corrected chi connectivity index (χ0v) is 21.8. The Kier molecular flexibility index (Phi) is 10.2. The van der Waals surface area contributed by atoms with E-state index in [1.807, 2.05) is 44.2 Å². The molecule has 0 aliphatic heterocycles. The second-order valence-corrected chi connectivity index (χ2v) is 10.0. The van der Waals surface area contributed by atoms with Gasteiger partial charge in [-0.05, 0) is 73.9 Å². The van der Waals surface area contributed by atoms with E-state index in [1.54, 1.807) is 36.4 Å². The molecule has 0 aliphatic rings. The molecule has 1 unspecified atom stereocenters. The number of hydrogen-bond donors (Lipinski definition) is 2. The molecule has 0 radical (unpaired) electrons. The fraction of sp³-hybridized carbons (Fsp3) is 0.286. The number of carbonyl (C=O) groups is 2. The van der Waals surface area contributed by atoms with Crippen molar-refractivity contribution < 1.29 is 27.5 Å². The van der Waals surface area contributed by atoms with Crippen LogP contribution < -0.4 is 14.8 Å². The zero-order valence-electron chi connectivity index (χ0n) is 21.0. The van der Waals surface area contributed by atoms with Crippen molar-refractivity contribution in [1.29, 1.82) is 0 Å². The summed E-state index contributed by atoms with van der Waals surface area (Å²) in [5, 5.41) is 2.74. The predicted molar refractivity (Wildman–Crippen MR) is 142 cm³/mol. The number of rotatable bonds is 13. The Morgan fingerprint density at radius 3 is 2.19 bits per heavy atom. The van der Waals surface area contributed by atoms with Crippen molar-refractivity contribution in [2.24, 2.45) is 0 Å². The van der Waals surface area contributed by atoms with Crippen molar-refractivity contribution in [3.05, 3.63) is 90.0 Å². The number of unbranched alkanes of at least 4 members (excludes halogenated alkanes) is 1. The minimum absolute atomic E-state index is 0.0211. The maximum absolute atomic E-state index is 13.2. The molecule has 2 N–H and O–H groups in total. The summed E-state index contributed by atoms with van der Waals surface area (Å²) in [6.07, 6.45) is 1.85. The van der Waals surface area contributed by atoms with Crippen LogP contribution in [0.4, 0.5) is 5.69 Å². The zero-order chi connectivity index (χ0) is 26.7. The Morgan fingerprint density at radius 2 is 1.57 bits per heavy atom. The van der Waals surface area contributed by atoms with Gasteiger partial charge in [0.25, 0.3) is 0 Å². The molecule has 37 heavy (non-hydrogen) atoms. The Balaban J connectivity index is 1.75. The summed E-state index contributed by atoms with van der Waals surface area (Å²) in [5.74, 6) is -0.411. The smallest absolute Gasteiger partial charge is 0.338 e. The van der Waals surface area contributed by atoms with E-state index in [1.165, 1.54) is 12.1 Å². The van der Waals surface area contributed by atoms with Crippen LogP contribution in [0.3, 0.4) is 0 Å². The molecule has 196 valence electrons. The van der Waals surface area contributed by atoms with E-state index in [9.17, 15) is 18.0 Å². The lowest BCUT2D eigenvalue weighted by molar-refractivity contribution is -0.117. The molecule has 0 fully saturated rings. The van der Waals surface area contributed by atoms with Gasteiger partial charge < -0.3 is 14.8 Å². The molecule has 0 saturated carbocycles. The van der Waals surface area contributed by atoms with Crippen LogP contribution in [0.25, 0.3) is 0 Å². The van der Waals surface area contributed by atoms with Crippen LogP contribution >= 0.6 is 0 Å². The first-order chi connectivity index (χ1) is 17.8. The summed E-state index contributed by atoms with van der Waals surface area (Å²) in [6, 6.07) is 20.3. The number of benzene rings is 3. The summed E-state index contributed by atoms with van der Waals surface area (Å²) in [5.41, 5.74) is 1.58. The van der Waals surface area contributed by atoms with Crippen molar-refractivity contribution in [2.45, 2.75) is 44.0 Å². The molecule has 3 aromatic carbocycles. The number of ether oxygens (including phenoxy) is 2. The molecule has 0 heterocycles. The Bertz CT molecular complexity index is 1260. The van der Waals surface area contributed by atoms with Gasteiger partial charge in [0.05, 0.1) is 23.7 Å². The summed E-state index contributed by atoms with van der Waals surface area (Å²) < 4.78 is 39.3. The van der Waals surface area contributed by atoms with Gasteiger partial charge in [-0.15, -0.1) is 0 Å². The number of anilines is 1. The lowest BCUT2D eigenvalue weighted by Crippen LogP contribution is -2.45. The van der Waals surface area contributed by atoms with Crippen molar-refractivity contribution in [2.75, 3.05) is 18.5 Å². The third-order valence-electron chi connectivity index (χ3n) is 5.46. The molecule has 1 amide bonds. The van der Waals surface area contributed by atoms with Crippen molar-refractivity contribution in [1.82, 2.24) is 4.72 Å². The monoisotopic (exact) mass is 524 g/mol. The van der Waals surface area contributed by atoms with E-state index >= 15 is 0 Å². The first-order valence-corrected chi connectivity index (χ1v) is 13.7. The molecule has 0 bridgehead atoms. The van der Waals surface area contributed by atoms with Crippen LogP contribution in [0.1, 0.15) is 42.6 Å². The van der Waals surface area contributed by atoms with Crippen molar-refractivity contribution in [3.63, 3.8) is 0 Å². The number of sulfonamides is 1. The molecular weight excluding hydrogens is 492 g/mol. The largest absolute Gasteiger partial charge is 0.494 e. The van der Waals surface area contributed by atoms with Gasteiger partial charge in [-0.25, -0.2) is 13.2 Å². The Labute approximate surface area is 218 Å². The highest BCUT2D eigenvalue weighted by Gasteiger charge is 2.26. The third-order valence-corrected chi connectivity index (χ3v) is 6.95. The highest BCUT2D eigenvalue weighted by Crippen LogP contribution is 2.18. The second-order valence-electron chi connectivity index (χ2n) is 8.32. The van der Waals surface area contributed by atoms with Crippen LogP contribution in [0.15, 0.2) is 83.8 Å². The lowest BCUT2D eigenvalue weighted by Gasteiger charge is -2.19. The van der Waals surface area contributed by atoms with Crippen LogP contribution in [0.2, 0.25) is 0 Å². The minimum atomic E-state index is -4.01. The minimum Gasteiger partial charge on any atom is -0.494 e. The van der Waals surface area contributed by atoms with E-state index in [4.69, 9.17) is 9.47 Å². The standard InChI is InChI=1S/C28H32N2O6S/c1-3-5-19-36-28(32)22-11-13-23(14-12-22)29-27(31)26(20-21-9-7-6-8-10-21)30-37(33,34)25-17-15-24(16-18-25)35-4-2/h6-18,26,30H,3-5,19-20H2,1-2H3,(H,29,31). The molecule has 3 aromatic rings. The number of amides is 1. The van der Waals surface area contributed by atoms with Gasteiger partial charge in [-0.3, -0.25) is 4.79 Å². The fourth-order valence-electron chi connectivity index (χ4n) is 3.49. The van der Waals surface area contributed by atoms with Crippen LogP contribution in [-0.2, 0) is 26.0 Å². The Hall–Kier alpha value is -3.69. The van der Waals surface area contributed by atoms with Gasteiger partial charge in [-0.2, -0.15) is 4.72 Å². The van der Waals surface area contributed by atoms with Gasteiger partial charge in [-0.1, -0.05) is 43.7 Å². The molecule has 9 heteroatoms. The number of nitrogens with one attached hydrogen (secondary N) is 2. The van der Waals surface area contributed by atoms with Crippen LogP contribution in [0.5, 0.6) is 5.75 Å². The first-order valence-electron chi connectivity index (χ1n) is 12.2. The SMILES string of the molecule is CCCCOC(=O)c1ccc(NC(=O)C(Cc2ccccc2)NS(=O)(=O)c2ccc(OCC)cc2)cc1. The summed E-state index contributed by atoms with van der Waals surface area (Å²) in [4.78, 5) is 25.3. The van der Waals surface area contributed by atoms with Gasteiger partial charge in [0.1, 0.15) is 11.8 Å². The highest BCUT2D eigenvalue weighted by atomic mass is 32.2. The van der Waals surface area contributed by atoms with E-state index in [0.29, 0.717) is 30.2 Å². The maximum atomic E-state index is 13.2. The van der Waals surface area contributed by atoms with Gasteiger partial charge in [0.15, 0.2) is 0 Å². The molecule has 3 rings (SSSR count). The number of hydrogen-bond acceptors (Lipinski definition) is 6. The van der Waals surface area contributed by atoms with E-state index in [0.717, 1.165) is 18.4 Å². The average Bonchev–Trinajstić information content (AvgIpc) is 2.90. The van der Waals surface area contributed by atoms with Crippen LogP contribution in [-0.4, -0.2) is 39.5 Å². The molecular formula is C28H32N2O6S. The fourth-order valence-corrected chi connectivity index (χ4v) is 4.68. The van der Waals surface area contributed by atoms with Crippen LogP contribution in [0, 0.1) is 0 Å². The van der Waals surface area contributed by atoms with Crippen molar-refractivity contribution in [3.8, 4) is 5.75 Å². The quantitative estimate of drug-likeness (QED) is 0.250. The van der Waals surface area contributed by atoms with Gasteiger partial charge in [0, 0.05) is 5.69 Å². The van der Waals surface area contributed by atoms with Gasteiger partial charge in [0.2, 0.25) is 15.9 Å². The number of carbonyl (C=O) groups excluding carboxylic acids is 2. The third kappa shape index (κ3) is 8.44. The summed E-state index contributed by atoms with van der Waals surface area (Å²) >= 11 is 0. The average molecular weight is 525 g/mol. The highest BCUT2D eigenvalue weighted by molar-refractivity contribution is 7.89. The van der Waals surface area contributed by atoms with E-state index in [2.05, 4.69) is 10.0 Å². The second kappa shape index (κ2) is 13.6. The normalized spacial score (nSPS) is 11.9. The maximum Gasteiger partial charge on any atom is 0.338 e. The molecule has 0 spiro atoms. The summed E-state index contributed by atoms with van der Waals surface area (Å²) in [7, 11) is -4.01. The van der Waals surface area contributed by atoms with Gasteiger partial charge >= 0.3 is 5.97 Å². The summed E-state index contributed by atoms with van der Waals surface area (Å²) in [6.45, 7) is 4.66. The number of esters is 1. The van der Waals surface area contributed by atoms with E-state index in [-0.39, 0.29) is 11.3 Å². The predicted octanol–water partition coefficient (Wildman–Crippen LogP) is 4.57. The molecule has 8 nitrogen and oxygen atoms in total. The first kappa shape index (κ1) is 27.9.